The summed E-state index contributed by atoms with van der Waals surface area (Å²) >= 11 is 6.41. The lowest BCUT2D eigenvalue weighted by Gasteiger charge is -2.30. The zero-order valence-corrected chi connectivity index (χ0v) is 19.0. The fourth-order valence-corrected chi connectivity index (χ4v) is 5.87. The van der Waals surface area contributed by atoms with E-state index in [1.165, 1.54) is 4.31 Å². The molecule has 0 radical (unpaired) electrons. The summed E-state index contributed by atoms with van der Waals surface area (Å²) in [5.41, 5.74) is 3.67. The first-order chi connectivity index (χ1) is 15.8. The molecule has 33 heavy (non-hydrogen) atoms. The monoisotopic (exact) mass is 479 g/mol. The lowest BCUT2D eigenvalue weighted by atomic mass is 9.94. The standard InChI is InChI=1S/C24H18ClN3O4S/c1-15-10-12-16(13-11-15)33(31,32)27-14-19-22(18-7-3-5-9-21(18)27)24(28(29)30)26-23(19)17-6-2-4-8-20(17)25/h2-13,26H,14H2,1H3. The molecule has 2 heterocycles. The van der Waals surface area contributed by atoms with Gasteiger partial charge in [0.15, 0.2) is 0 Å². The van der Waals surface area contributed by atoms with E-state index in [9.17, 15) is 18.5 Å². The molecular weight excluding hydrogens is 462 g/mol. The minimum absolute atomic E-state index is 0.0759. The third-order valence-electron chi connectivity index (χ3n) is 5.76. The van der Waals surface area contributed by atoms with Crippen LogP contribution in [0.2, 0.25) is 5.02 Å². The molecule has 1 aliphatic rings. The molecule has 1 N–H and O–H groups in total. The molecule has 0 aliphatic carbocycles. The van der Waals surface area contributed by atoms with Gasteiger partial charge >= 0.3 is 5.82 Å². The molecule has 0 atom stereocenters. The largest absolute Gasteiger partial charge is 0.358 e. The summed E-state index contributed by atoms with van der Waals surface area (Å²) in [6.45, 7) is 1.81. The molecule has 0 spiro atoms. The number of nitrogens with one attached hydrogen (secondary N) is 1. The molecule has 166 valence electrons. The minimum atomic E-state index is -3.94. The van der Waals surface area contributed by atoms with Crippen LogP contribution in [0.15, 0.2) is 77.7 Å². The van der Waals surface area contributed by atoms with Crippen molar-refractivity contribution in [1.29, 1.82) is 0 Å². The lowest BCUT2D eigenvalue weighted by Crippen LogP contribution is -2.33. The molecule has 5 rings (SSSR count). The highest BCUT2D eigenvalue weighted by Gasteiger charge is 2.39. The van der Waals surface area contributed by atoms with Crippen molar-refractivity contribution < 1.29 is 13.3 Å². The maximum Gasteiger partial charge on any atom is 0.329 e. The van der Waals surface area contributed by atoms with Crippen LogP contribution in [0.25, 0.3) is 22.4 Å². The maximum atomic E-state index is 13.7. The molecule has 1 aliphatic heterocycles. The molecule has 0 fully saturated rings. The van der Waals surface area contributed by atoms with Gasteiger partial charge in [-0.1, -0.05) is 59.6 Å². The molecule has 0 unspecified atom stereocenters. The van der Waals surface area contributed by atoms with Crippen LogP contribution in [0.3, 0.4) is 0 Å². The summed E-state index contributed by atoms with van der Waals surface area (Å²) in [6.07, 6.45) is 0. The number of benzene rings is 3. The fraction of sp³-hybridized carbons (Fsp3) is 0.0833. The number of H-pyrrole nitrogens is 1. The highest BCUT2D eigenvalue weighted by Crippen LogP contribution is 2.49. The van der Waals surface area contributed by atoms with E-state index in [1.807, 2.05) is 6.92 Å². The van der Waals surface area contributed by atoms with E-state index in [1.54, 1.807) is 72.8 Å². The van der Waals surface area contributed by atoms with E-state index in [2.05, 4.69) is 4.98 Å². The number of aryl methyl sites for hydroxylation is 1. The molecule has 0 amide bonds. The van der Waals surface area contributed by atoms with E-state index < -0.39 is 14.9 Å². The Kier molecular flexibility index (Phi) is 4.99. The van der Waals surface area contributed by atoms with Crippen molar-refractivity contribution >= 4 is 33.1 Å². The first kappa shape index (κ1) is 21.2. The smallest absolute Gasteiger partial charge is 0.329 e. The number of halogens is 1. The second-order valence-corrected chi connectivity index (χ2v) is 10.1. The summed E-state index contributed by atoms with van der Waals surface area (Å²) in [6, 6.07) is 20.4. The molecule has 4 aromatic rings. The van der Waals surface area contributed by atoms with Gasteiger partial charge in [0.2, 0.25) is 0 Å². The Morgan fingerprint density at radius 3 is 2.27 bits per heavy atom. The highest BCUT2D eigenvalue weighted by molar-refractivity contribution is 7.92. The summed E-state index contributed by atoms with van der Waals surface area (Å²) in [4.78, 5) is 14.5. The quantitative estimate of drug-likeness (QED) is 0.290. The van der Waals surface area contributed by atoms with Crippen LogP contribution in [0.1, 0.15) is 11.1 Å². The number of hydrogen-bond donors (Lipinski definition) is 1. The number of nitrogens with zero attached hydrogens (tertiary/aromatic N) is 2. The third-order valence-corrected chi connectivity index (χ3v) is 7.87. The molecule has 0 saturated heterocycles. The van der Waals surface area contributed by atoms with Crippen molar-refractivity contribution in [2.24, 2.45) is 0 Å². The van der Waals surface area contributed by atoms with E-state index in [-0.39, 0.29) is 17.3 Å². The fourth-order valence-electron chi connectivity index (χ4n) is 4.19. The average Bonchev–Trinajstić information content (AvgIpc) is 3.19. The van der Waals surface area contributed by atoms with E-state index in [0.717, 1.165) is 5.56 Å². The number of aromatic amines is 1. The molecule has 3 aromatic carbocycles. The minimum Gasteiger partial charge on any atom is -0.358 e. The molecule has 0 bridgehead atoms. The number of aromatic nitrogens is 1. The summed E-state index contributed by atoms with van der Waals surface area (Å²) in [5, 5.41) is 12.4. The van der Waals surface area contributed by atoms with Crippen molar-refractivity contribution in [3.8, 4) is 22.4 Å². The molecule has 0 saturated carbocycles. The summed E-state index contributed by atoms with van der Waals surface area (Å²) in [5.74, 6) is -0.195. The van der Waals surface area contributed by atoms with Gasteiger partial charge in [0.1, 0.15) is 5.69 Å². The second kappa shape index (κ2) is 7.75. The van der Waals surface area contributed by atoms with Crippen molar-refractivity contribution in [2.45, 2.75) is 18.4 Å². The van der Waals surface area contributed by atoms with Gasteiger partial charge in [0.05, 0.1) is 27.7 Å². The Morgan fingerprint density at radius 2 is 1.61 bits per heavy atom. The number of anilines is 1. The second-order valence-electron chi connectivity index (χ2n) is 7.78. The first-order valence-corrected chi connectivity index (χ1v) is 11.9. The zero-order chi connectivity index (χ0) is 23.3. The van der Waals surface area contributed by atoms with Crippen molar-refractivity contribution in [1.82, 2.24) is 4.98 Å². The van der Waals surface area contributed by atoms with E-state index >= 15 is 0 Å². The van der Waals surface area contributed by atoms with Crippen LogP contribution >= 0.6 is 11.6 Å². The Bertz CT molecular complexity index is 1510. The van der Waals surface area contributed by atoms with E-state index in [4.69, 9.17) is 11.6 Å². The van der Waals surface area contributed by atoms with Gasteiger partial charge < -0.3 is 10.1 Å². The van der Waals surface area contributed by atoms with Gasteiger partial charge in [-0.15, -0.1) is 0 Å². The SMILES string of the molecule is Cc1ccc(S(=O)(=O)N2Cc3c(-c4ccccc4Cl)[nH]c([N+](=O)[O-])c3-c3ccccc32)cc1. The predicted molar refractivity (Wildman–Crippen MR) is 128 cm³/mol. The normalized spacial score (nSPS) is 12.8. The van der Waals surface area contributed by atoms with Crippen LogP contribution in [-0.2, 0) is 16.6 Å². The Labute approximate surface area is 195 Å². The summed E-state index contributed by atoms with van der Waals surface area (Å²) < 4.78 is 28.7. The van der Waals surface area contributed by atoms with Crippen molar-refractivity contribution in [2.75, 3.05) is 4.31 Å². The van der Waals surface area contributed by atoms with Gasteiger partial charge in [0.25, 0.3) is 10.0 Å². The Hall–Kier alpha value is -3.62. The third kappa shape index (κ3) is 3.39. The maximum absolute atomic E-state index is 13.7. The molecule has 7 nitrogen and oxygen atoms in total. The number of para-hydroxylation sites is 1. The molecular formula is C24H18ClN3O4S. The number of nitro groups is 1. The predicted octanol–water partition coefficient (Wildman–Crippen LogP) is 5.93. The van der Waals surface area contributed by atoms with Crippen LogP contribution in [0, 0.1) is 17.0 Å². The van der Waals surface area contributed by atoms with Gasteiger partial charge in [-0.3, -0.25) is 4.31 Å². The first-order valence-electron chi connectivity index (χ1n) is 10.1. The van der Waals surface area contributed by atoms with Crippen LogP contribution in [-0.4, -0.2) is 18.3 Å². The van der Waals surface area contributed by atoms with Gasteiger partial charge in [-0.2, -0.15) is 0 Å². The molecule has 9 heteroatoms. The Balaban J connectivity index is 1.78. The van der Waals surface area contributed by atoms with Gasteiger partial charge in [-0.25, -0.2) is 13.4 Å². The average molecular weight is 480 g/mol. The van der Waals surface area contributed by atoms with Crippen molar-refractivity contribution in [3.63, 3.8) is 0 Å². The number of fused-ring (bicyclic) bond motifs is 3. The Morgan fingerprint density at radius 1 is 0.970 bits per heavy atom. The number of rotatable bonds is 4. The zero-order valence-electron chi connectivity index (χ0n) is 17.4. The number of hydrogen-bond acceptors (Lipinski definition) is 4. The van der Waals surface area contributed by atoms with Gasteiger partial charge in [-0.05, 0) is 42.2 Å². The summed E-state index contributed by atoms with van der Waals surface area (Å²) in [7, 11) is -3.94. The number of sulfonamides is 1. The molecule has 1 aromatic heterocycles. The van der Waals surface area contributed by atoms with E-state index in [0.29, 0.717) is 38.7 Å². The topological polar surface area (TPSA) is 96.3 Å². The van der Waals surface area contributed by atoms with Crippen molar-refractivity contribution in [3.05, 3.63) is 99.1 Å². The van der Waals surface area contributed by atoms with Crippen LogP contribution < -0.4 is 4.31 Å². The van der Waals surface area contributed by atoms with Crippen LogP contribution in [0.4, 0.5) is 11.5 Å². The lowest BCUT2D eigenvalue weighted by molar-refractivity contribution is -0.388. The van der Waals surface area contributed by atoms with Crippen LogP contribution in [0.5, 0.6) is 0 Å². The van der Waals surface area contributed by atoms with Gasteiger partial charge in [0, 0.05) is 16.7 Å². The highest BCUT2D eigenvalue weighted by atomic mass is 35.5.